The molecule has 0 amide bonds. The lowest BCUT2D eigenvalue weighted by molar-refractivity contribution is 0.282. The molecule has 90 valence electrons. The summed E-state index contributed by atoms with van der Waals surface area (Å²) in [5, 5.41) is 9.69. The smallest absolute Gasteiger partial charge is 0.228 e. The van der Waals surface area contributed by atoms with Crippen LogP contribution in [0.4, 0.5) is 0 Å². The normalized spacial score (nSPS) is 11.0. The summed E-state index contributed by atoms with van der Waals surface area (Å²) in [5.74, 6) is 0.491. The number of aromatic nitrogens is 1. The van der Waals surface area contributed by atoms with Crippen LogP contribution in [-0.4, -0.2) is 10.1 Å². The van der Waals surface area contributed by atoms with Crippen LogP contribution in [0.1, 0.15) is 5.56 Å². The molecule has 0 unspecified atom stereocenters. The van der Waals surface area contributed by atoms with Crippen molar-refractivity contribution in [2.45, 2.75) is 6.61 Å². The van der Waals surface area contributed by atoms with Gasteiger partial charge in [0, 0.05) is 0 Å². The maximum atomic E-state index is 9.08. The molecule has 0 radical (unpaired) electrons. The molecule has 0 aliphatic carbocycles. The molecule has 0 spiro atoms. The third-order valence-corrected chi connectivity index (χ3v) is 3.07. The Hall–Kier alpha value is -1.84. The number of aliphatic hydroxyl groups is 1. The van der Waals surface area contributed by atoms with Crippen molar-refractivity contribution in [2.24, 2.45) is 0 Å². The van der Waals surface area contributed by atoms with E-state index in [9.17, 15) is 0 Å². The van der Waals surface area contributed by atoms with Gasteiger partial charge in [0.1, 0.15) is 5.52 Å². The highest BCUT2D eigenvalue weighted by Gasteiger charge is 2.11. The number of hydrogen-bond acceptors (Lipinski definition) is 3. The third-order valence-electron chi connectivity index (χ3n) is 2.74. The fourth-order valence-corrected chi connectivity index (χ4v) is 2.03. The van der Waals surface area contributed by atoms with E-state index in [2.05, 4.69) is 4.98 Å². The summed E-state index contributed by atoms with van der Waals surface area (Å²) in [7, 11) is 0. The van der Waals surface area contributed by atoms with Crippen LogP contribution >= 0.6 is 11.6 Å². The molecule has 4 heteroatoms. The van der Waals surface area contributed by atoms with Gasteiger partial charge in [-0.1, -0.05) is 29.8 Å². The average molecular weight is 260 g/mol. The van der Waals surface area contributed by atoms with Gasteiger partial charge in [0.2, 0.25) is 5.89 Å². The Morgan fingerprint density at radius 2 is 2.00 bits per heavy atom. The van der Waals surface area contributed by atoms with Crippen molar-refractivity contribution in [1.29, 1.82) is 0 Å². The van der Waals surface area contributed by atoms with Crippen LogP contribution < -0.4 is 0 Å². The molecule has 0 aliphatic rings. The Labute approximate surface area is 109 Å². The molecule has 18 heavy (non-hydrogen) atoms. The number of halogens is 1. The quantitative estimate of drug-likeness (QED) is 0.764. The highest BCUT2D eigenvalue weighted by molar-refractivity contribution is 6.33. The fourth-order valence-electron chi connectivity index (χ4n) is 1.82. The van der Waals surface area contributed by atoms with Crippen molar-refractivity contribution in [3.05, 3.63) is 53.1 Å². The van der Waals surface area contributed by atoms with Crippen molar-refractivity contribution >= 4 is 22.7 Å². The van der Waals surface area contributed by atoms with E-state index in [4.69, 9.17) is 21.1 Å². The standard InChI is InChI=1S/C14H10ClNO2/c15-11-4-2-1-3-10(11)14-16-12-6-5-9(8-17)7-13(12)18-14/h1-7,17H,8H2. The van der Waals surface area contributed by atoms with Crippen molar-refractivity contribution in [1.82, 2.24) is 4.98 Å². The molecule has 0 bridgehead atoms. The predicted octanol–water partition coefficient (Wildman–Crippen LogP) is 3.64. The lowest BCUT2D eigenvalue weighted by Crippen LogP contribution is -1.80. The molecule has 1 heterocycles. The van der Waals surface area contributed by atoms with Gasteiger partial charge in [0.15, 0.2) is 5.58 Å². The Bertz CT molecular complexity index is 706. The van der Waals surface area contributed by atoms with Crippen molar-refractivity contribution in [3.8, 4) is 11.5 Å². The zero-order valence-electron chi connectivity index (χ0n) is 9.43. The van der Waals surface area contributed by atoms with E-state index in [1.54, 1.807) is 12.1 Å². The summed E-state index contributed by atoms with van der Waals surface area (Å²) in [5.41, 5.74) is 2.96. The second kappa shape index (κ2) is 4.44. The molecular weight excluding hydrogens is 250 g/mol. The van der Waals surface area contributed by atoms with Crippen molar-refractivity contribution < 1.29 is 9.52 Å². The van der Waals surface area contributed by atoms with E-state index < -0.39 is 0 Å². The van der Waals surface area contributed by atoms with Crippen LogP contribution in [0.2, 0.25) is 5.02 Å². The molecule has 0 fully saturated rings. The van der Waals surface area contributed by atoms with Gasteiger partial charge in [-0.05, 0) is 29.8 Å². The van der Waals surface area contributed by atoms with Crippen LogP contribution in [0.25, 0.3) is 22.6 Å². The number of rotatable bonds is 2. The zero-order valence-corrected chi connectivity index (χ0v) is 10.2. The van der Waals surface area contributed by atoms with E-state index in [1.807, 2.05) is 30.3 Å². The second-order valence-electron chi connectivity index (χ2n) is 3.96. The Morgan fingerprint density at radius 1 is 1.17 bits per heavy atom. The summed E-state index contributed by atoms with van der Waals surface area (Å²) in [4.78, 5) is 4.39. The lowest BCUT2D eigenvalue weighted by atomic mass is 10.2. The molecule has 1 aromatic heterocycles. The lowest BCUT2D eigenvalue weighted by Gasteiger charge is -1.96. The van der Waals surface area contributed by atoms with E-state index in [0.717, 1.165) is 16.6 Å². The molecule has 1 N–H and O–H groups in total. The highest BCUT2D eigenvalue weighted by Crippen LogP contribution is 2.29. The van der Waals surface area contributed by atoms with Gasteiger partial charge in [-0.3, -0.25) is 0 Å². The molecule has 0 atom stereocenters. The van der Waals surface area contributed by atoms with Gasteiger partial charge in [-0.2, -0.15) is 0 Å². The summed E-state index contributed by atoms with van der Waals surface area (Å²) >= 11 is 6.10. The first-order valence-corrected chi connectivity index (χ1v) is 5.91. The second-order valence-corrected chi connectivity index (χ2v) is 4.37. The molecule has 3 rings (SSSR count). The monoisotopic (exact) mass is 259 g/mol. The topological polar surface area (TPSA) is 46.3 Å². The first-order chi connectivity index (χ1) is 8.78. The van der Waals surface area contributed by atoms with E-state index in [-0.39, 0.29) is 6.61 Å². The maximum Gasteiger partial charge on any atom is 0.228 e. The number of aliphatic hydroxyl groups excluding tert-OH is 1. The number of fused-ring (bicyclic) bond motifs is 1. The fraction of sp³-hybridized carbons (Fsp3) is 0.0714. The summed E-state index contributed by atoms with van der Waals surface area (Å²) in [6.45, 7) is -0.0158. The van der Waals surface area contributed by atoms with Gasteiger partial charge >= 0.3 is 0 Å². The van der Waals surface area contributed by atoms with Gasteiger partial charge in [-0.25, -0.2) is 4.98 Å². The van der Waals surface area contributed by atoms with Crippen LogP contribution in [-0.2, 0) is 6.61 Å². The number of hydrogen-bond donors (Lipinski definition) is 1. The number of oxazole rings is 1. The average Bonchev–Trinajstić information content (AvgIpc) is 2.81. The summed E-state index contributed by atoms with van der Waals surface area (Å²) < 4.78 is 5.67. The minimum absolute atomic E-state index is 0.0158. The van der Waals surface area contributed by atoms with Gasteiger partial charge in [0.25, 0.3) is 0 Å². The molecule has 0 aliphatic heterocycles. The van der Waals surface area contributed by atoms with Crippen LogP contribution in [0.5, 0.6) is 0 Å². The first-order valence-electron chi connectivity index (χ1n) is 5.53. The van der Waals surface area contributed by atoms with E-state index in [1.165, 1.54) is 0 Å². The van der Waals surface area contributed by atoms with Crippen molar-refractivity contribution in [2.75, 3.05) is 0 Å². The van der Waals surface area contributed by atoms with E-state index in [0.29, 0.717) is 16.5 Å². The SMILES string of the molecule is OCc1ccc2nc(-c3ccccc3Cl)oc2c1. The third kappa shape index (κ3) is 1.88. The Kier molecular flexibility index (Phi) is 2.78. The van der Waals surface area contributed by atoms with Crippen LogP contribution in [0.15, 0.2) is 46.9 Å². The summed E-state index contributed by atoms with van der Waals surface area (Å²) in [6.07, 6.45) is 0. The molecular formula is C14H10ClNO2. The van der Waals surface area contributed by atoms with Crippen LogP contribution in [0.3, 0.4) is 0 Å². The Balaban J connectivity index is 2.17. The largest absolute Gasteiger partial charge is 0.436 e. The molecule has 0 saturated carbocycles. The zero-order chi connectivity index (χ0) is 12.5. The van der Waals surface area contributed by atoms with Crippen LogP contribution in [0, 0.1) is 0 Å². The molecule has 2 aromatic carbocycles. The Morgan fingerprint density at radius 3 is 2.78 bits per heavy atom. The number of benzene rings is 2. The highest BCUT2D eigenvalue weighted by atomic mass is 35.5. The molecule has 3 nitrogen and oxygen atoms in total. The van der Waals surface area contributed by atoms with Crippen molar-refractivity contribution in [3.63, 3.8) is 0 Å². The minimum Gasteiger partial charge on any atom is -0.436 e. The maximum absolute atomic E-state index is 9.08. The van der Waals surface area contributed by atoms with E-state index >= 15 is 0 Å². The predicted molar refractivity (Wildman–Crippen MR) is 70.4 cm³/mol. The minimum atomic E-state index is -0.0158. The van der Waals surface area contributed by atoms with Gasteiger partial charge in [-0.15, -0.1) is 0 Å². The molecule has 3 aromatic rings. The first kappa shape index (κ1) is 11.3. The van der Waals surface area contributed by atoms with Gasteiger partial charge in [0.05, 0.1) is 17.2 Å². The number of nitrogens with zero attached hydrogens (tertiary/aromatic N) is 1. The van der Waals surface area contributed by atoms with Gasteiger partial charge < -0.3 is 9.52 Å². The summed E-state index contributed by atoms with van der Waals surface area (Å²) in [6, 6.07) is 12.8. The molecule has 0 saturated heterocycles.